The molecule has 3 aromatic carbocycles. The van der Waals surface area contributed by atoms with Crippen LogP contribution in [0.3, 0.4) is 0 Å². The van der Waals surface area contributed by atoms with E-state index in [2.05, 4.69) is 4.72 Å². The highest BCUT2D eigenvalue weighted by atomic mass is 32.2. The number of rotatable bonds is 3. The molecule has 0 saturated carbocycles. The highest BCUT2D eigenvalue weighted by Gasteiger charge is 2.31. The molecule has 6 nitrogen and oxygen atoms in total. The number of fused-ring (bicyclic) bond motifs is 3. The Morgan fingerprint density at radius 1 is 0.750 bits per heavy atom. The zero-order valence-electron chi connectivity index (χ0n) is 14.8. The minimum atomic E-state index is -3.82. The predicted octanol–water partition coefficient (Wildman–Crippen LogP) is 3.63. The van der Waals surface area contributed by atoms with Crippen molar-refractivity contribution in [2.75, 3.05) is 13.2 Å². The molecule has 2 aliphatic rings. The molecular weight excluding hydrogens is 378 g/mol. The summed E-state index contributed by atoms with van der Waals surface area (Å²) in [5.74, 6) is 2.25. The number of benzene rings is 3. The fourth-order valence-electron chi connectivity index (χ4n) is 3.45. The zero-order chi connectivity index (χ0) is 19.1. The zero-order valence-corrected chi connectivity index (χ0v) is 15.6. The lowest BCUT2D eigenvalue weighted by molar-refractivity contribution is 0.171. The van der Waals surface area contributed by atoms with Crippen LogP contribution < -0.4 is 18.9 Å². The minimum Gasteiger partial charge on any atom is -0.486 e. The number of hydrogen-bond donors (Lipinski definition) is 1. The van der Waals surface area contributed by atoms with Crippen molar-refractivity contribution in [3.8, 4) is 23.0 Å². The Kier molecular flexibility index (Phi) is 3.99. The van der Waals surface area contributed by atoms with Crippen LogP contribution in [-0.2, 0) is 10.0 Å². The van der Waals surface area contributed by atoms with Crippen molar-refractivity contribution in [3.05, 3.63) is 77.9 Å². The molecular formula is C21H17NO5S. The number of sulfonamides is 1. The SMILES string of the molecule is O=S(=O)(NC1c2ccccc2Oc2ccccc21)c1ccc2c(c1)OCCO2. The molecule has 1 N–H and O–H groups in total. The topological polar surface area (TPSA) is 73.9 Å². The average Bonchev–Trinajstić information content (AvgIpc) is 2.73. The van der Waals surface area contributed by atoms with E-state index >= 15 is 0 Å². The summed E-state index contributed by atoms with van der Waals surface area (Å²) in [5.41, 5.74) is 1.53. The molecule has 0 radical (unpaired) electrons. The maximum Gasteiger partial charge on any atom is 0.241 e. The Morgan fingerprint density at radius 2 is 1.36 bits per heavy atom. The van der Waals surface area contributed by atoms with Gasteiger partial charge in [0.1, 0.15) is 24.7 Å². The molecule has 0 unspecified atom stereocenters. The molecule has 0 amide bonds. The molecule has 142 valence electrons. The van der Waals surface area contributed by atoms with Crippen LogP contribution in [0.25, 0.3) is 0 Å². The van der Waals surface area contributed by atoms with Gasteiger partial charge in [0.25, 0.3) is 0 Å². The van der Waals surface area contributed by atoms with Crippen LogP contribution in [0.4, 0.5) is 0 Å². The first-order chi connectivity index (χ1) is 13.6. The fourth-order valence-corrected chi connectivity index (χ4v) is 4.66. The highest BCUT2D eigenvalue weighted by Crippen LogP contribution is 2.43. The van der Waals surface area contributed by atoms with E-state index in [0.29, 0.717) is 36.2 Å². The van der Waals surface area contributed by atoms with Crippen LogP contribution in [0, 0.1) is 0 Å². The summed E-state index contributed by atoms with van der Waals surface area (Å²) in [5, 5.41) is 0. The summed E-state index contributed by atoms with van der Waals surface area (Å²) in [6.45, 7) is 0.845. The standard InChI is InChI=1S/C21H17NO5S/c23-28(24,14-9-10-19-20(13-14)26-12-11-25-19)22-21-15-5-1-3-7-17(15)27-18-8-4-2-6-16(18)21/h1-10,13,21-22H,11-12H2. The number of para-hydroxylation sites is 2. The average molecular weight is 395 g/mol. The molecule has 5 rings (SSSR count). The summed E-state index contributed by atoms with van der Waals surface area (Å²) in [6, 6.07) is 18.9. The van der Waals surface area contributed by atoms with E-state index < -0.39 is 16.1 Å². The van der Waals surface area contributed by atoms with Crippen molar-refractivity contribution in [3.63, 3.8) is 0 Å². The molecule has 0 saturated heterocycles. The molecule has 0 bridgehead atoms. The van der Waals surface area contributed by atoms with Gasteiger partial charge < -0.3 is 14.2 Å². The maximum absolute atomic E-state index is 13.2. The van der Waals surface area contributed by atoms with Gasteiger partial charge >= 0.3 is 0 Å². The van der Waals surface area contributed by atoms with Gasteiger partial charge in [-0.25, -0.2) is 8.42 Å². The second kappa shape index (κ2) is 6.54. The second-order valence-electron chi connectivity index (χ2n) is 6.54. The molecule has 2 aliphatic heterocycles. The number of nitrogens with one attached hydrogen (secondary N) is 1. The van der Waals surface area contributed by atoms with Gasteiger partial charge in [-0.05, 0) is 24.3 Å². The van der Waals surface area contributed by atoms with Crippen molar-refractivity contribution in [1.82, 2.24) is 4.72 Å². The van der Waals surface area contributed by atoms with Crippen LogP contribution in [0.1, 0.15) is 17.2 Å². The van der Waals surface area contributed by atoms with Crippen LogP contribution in [0.15, 0.2) is 71.6 Å². The minimum absolute atomic E-state index is 0.123. The second-order valence-corrected chi connectivity index (χ2v) is 8.25. The predicted molar refractivity (Wildman–Crippen MR) is 103 cm³/mol. The Hall–Kier alpha value is -3.03. The Balaban J connectivity index is 1.55. The van der Waals surface area contributed by atoms with Gasteiger partial charge in [-0.3, -0.25) is 0 Å². The maximum atomic E-state index is 13.2. The quantitative estimate of drug-likeness (QED) is 0.733. The van der Waals surface area contributed by atoms with Crippen molar-refractivity contribution in [2.45, 2.75) is 10.9 Å². The van der Waals surface area contributed by atoms with Crippen molar-refractivity contribution < 1.29 is 22.6 Å². The summed E-state index contributed by atoms with van der Waals surface area (Å²) in [6.07, 6.45) is 0. The van der Waals surface area contributed by atoms with Crippen molar-refractivity contribution in [1.29, 1.82) is 0 Å². The Labute approximate surface area is 162 Å². The Bertz CT molecular complexity index is 1110. The van der Waals surface area contributed by atoms with Crippen LogP contribution >= 0.6 is 0 Å². The molecule has 0 aromatic heterocycles. The number of ether oxygens (including phenoxy) is 3. The molecule has 3 aromatic rings. The molecule has 0 atom stereocenters. The third-order valence-electron chi connectivity index (χ3n) is 4.78. The van der Waals surface area contributed by atoms with E-state index in [1.807, 2.05) is 48.5 Å². The van der Waals surface area contributed by atoms with Crippen LogP contribution in [0.5, 0.6) is 23.0 Å². The first-order valence-electron chi connectivity index (χ1n) is 8.89. The third-order valence-corrected chi connectivity index (χ3v) is 6.20. The van der Waals surface area contributed by atoms with Gasteiger partial charge in [0.05, 0.1) is 10.9 Å². The normalized spacial score (nSPS) is 15.3. The lowest BCUT2D eigenvalue weighted by atomic mass is 9.95. The highest BCUT2D eigenvalue weighted by molar-refractivity contribution is 7.89. The third kappa shape index (κ3) is 2.89. The van der Waals surface area contributed by atoms with E-state index in [4.69, 9.17) is 14.2 Å². The smallest absolute Gasteiger partial charge is 0.241 e. The van der Waals surface area contributed by atoms with Gasteiger partial charge in [0.2, 0.25) is 10.0 Å². The molecule has 2 heterocycles. The van der Waals surface area contributed by atoms with Crippen molar-refractivity contribution >= 4 is 10.0 Å². The number of hydrogen-bond acceptors (Lipinski definition) is 5. The van der Waals surface area contributed by atoms with E-state index in [1.165, 1.54) is 12.1 Å². The molecule has 0 spiro atoms. The van der Waals surface area contributed by atoms with Gasteiger partial charge in [-0.15, -0.1) is 0 Å². The van der Waals surface area contributed by atoms with E-state index in [0.717, 1.165) is 11.1 Å². The lowest BCUT2D eigenvalue weighted by Gasteiger charge is -2.28. The monoisotopic (exact) mass is 395 g/mol. The van der Waals surface area contributed by atoms with Gasteiger partial charge in [0.15, 0.2) is 11.5 Å². The molecule has 0 aliphatic carbocycles. The van der Waals surface area contributed by atoms with Crippen LogP contribution in [-0.4, -0.2) is 21.6 Å². The van der Waals surface area contributed by atoms with E-state index in [1.54, 1.807) is 6.07 Å². The van der Waals surface area contributed by atoms with Gasteiger partial charge in [0, 0.05) is 17.2 Å². The van der Waals surface area contributed by atoms with E-state index in [9.17, 15) is 8.42 Å². The molecule has 28 heavy (non-hydrogen) atoms. The fraction of sp³-hybridized carbons (Fsp3) is 0.143. The summed E-state index contributed by atoms with van der Waals surface area (Å²) in [4.78, 5) is 0.123. The summed E-state index contributed by atoms with van der Waals surface area (Å²) >= 11 is 0. The molecule has 7 heteroatoms. The molecule has 0 fully saturated rings. The van der Waals surface area contributed by atoms with Crippen LogP contribution in [0.2, 0.25) is 0 Å². The Morgan fingerprint density at radius 3 is 2.04 bits per heavy atom. The van der Waals surface area contributed by atoms with Crippen molar-refractivity contribution in [2.24, 2.45) is 0 Å². The first-order valence-corrected chi connectivity index (χ1v) is 10.4. The van der Waals surface area contributed by atoms with E-state index in [-0.39, 0.29) is 4.90 Å². The summed E-state index contributed by atoms with van der Waals surface area (Å²) < 4.78 is 46.1. The summed E-state index contributed by atoms with van der Waals surface area (Å²) in [7, 11) is -3.82. The largest absolute Gasteiger partial charge is 0.486 e. The lowest BCUT2D eigenvalue weighted by Crippen LogP contribution is -2.31. The first kappa shape index (κ1) is 17.1. The van der Waals surface area contributed by atoms with Gasteiger partial charge in [-0.2, -0.15) is 4.72 Å². The van der Waals surface area contributed by atoms with Gasteiger partial charge in [-0.1, -0.05) is 36.4 Å².